The molecule has 4 heterocycles. The second-order valence-corrected chi connectivity index (χ2v) is 6.03. The zero-order chi connectivity index (χ0) is 17.9. The lowest BCUT2D eigenvalue weighted by molar-refractivity contribution is 0.0928. The number of hydrogen-bond acceptors (Lipinski definition) is 5. The highest BCUT2D eigenvalue weighted by atomic mass is 19.1. The molecule has 1 aliphatic rings. The molecular weight excluding hydrogens is 337 g/mol. The predicted molar refractivity (Wildman–Crippen MR) is 93.4 cm³/mol. The number of ether oxygens (including phenoxy) is 1. The first-order valence-corrected chi connectivity index (χ1v) is 8.39. The molecule has 0 bridgehead atoms. The topological polar surface area (TPSA) is 63.0 Å². The summed E-state index contributed by atoms with van der Waals surface area (Å²) < 4.78 is 21.2. The van der Waals surface area contributed by atoms with Crippen LogP contribution in [0.15, 0.2) is 49.1 Å². The summed E-state index contributed by atoms with van der Waals surface area (Å²) in [4.78, 5) is 23.9. The molecular formula is C18H18FN5O2. The van der Waals surface area contributed by atoms with Gasteiger partial charge in [-0.2, -0.15) is 0 Å². The Balaban J connectivity index is 1.34. The van der Waals surface area contributed by atoms with Crippen LogP contribution in [0, 0.1) is 5.82 Å². The van der Waals surface area contributed by atoms with Gasteiger partial charge in [0.2, 0.25) is 0 Å². The molecule has 8 heteroatoms. The SMILES string of the molecule is O=C(OCc1cccc2nccn12)N1CCN(c2ccncc2F)CC1. The van der Waals surface area contributed by atoms with Crippen LogP contribution in [0.5, 0.6) is 0 Å². The summed E-state index contributed by atoms with van der Waals surface area (Å²) in [5.74, 6) is -0.350. The minimum atomic E-state index is -0.364. The first kappa shape index (κ1) is 16.3. The van der Waals surface area contributed by atoms with Crippen molar-refractivity contribution in [1.29, 1.82) is 0 Å². The van der Waals surface area contributed by atoms with Gasteiger partial charge < -0.3 is 18.9 Å². The number of halogens is 1. The average molecular weight is 355 g/mol. The minimum Gasteiger partial charge on any atom is -0.443 e. The third kappa shape index (κ3) is 3.17. The Morgan fingerprint density at radius 1 is 1.15 bits per heavy atom. The van der Waals surface area contributed by atoms with E-state index >= 15 is 0 Å². The first-order valence-electron chi connectivity index (χ1n) is 8.39. The Morgan fingerprint density at radius 2 is 2.00 bits per heavy atom. The van der Waals surface area contributed by atoms with Crippen LogP contribution >= 0.6 is 0 Å². The minimum absolute atomic E-state index is 0.172. The lowest BCUT2D eigenvalue weighted by Gasteiger charge is -2.35. The molecule has 0 radical (unpaired) electrons. The van der Waals surface area contributed by atoms with Crippen molar-refractivity contribution in [2.75, 3.05) is 31.1 Å². The van der Waals surface area contributed by atoms with E-state index in [1.807, 2.05) is 33.7 Å². The van der Waals surface area contributed by atoms with Crippen molar-refractivity contribution in [2.24, 2.45) is 0 Å². The number of piperazine rings is 1. The number of nitrogens with zero attached hydrogens (tertiary/aromatic N) is 5. The van der Waals surface area contributed by atoms with Gasteiger partial charge >= 0.3 is 6.09 Å². The van der Waals surface area contributed by atoms with Gasteiger partial charge in [-0.25, -0.2) is 14.2 Å². The zero-order valence-electron chi connectivity index (χ0n) is 14.1. The van der Waals surface area contributed by atoms with Gasteiger partial charge in [-0.1, -0.05) is 6.07 Å². The van der Waals surface area contributed by atoms with Gasteiger partial charge in [-0.05, 0) is 18.2 Å². The van der Waals surface area contributed by atoms with Crippen LogP contribution in [0.3, 0.4) is 0 Å². The summed E-state index contributed by atoms with van der Waals surface area (Å²) >= 11 is 0. The second-order valence-electron chi connectivity index (χ2n) is 6.03. The molecule has 134 valence electrons. The van der Waals surface area contributed by atoms with E-state index in [1.165, 1.54) is 6.20 Å². The molecule has 3 aromatic rings. The Kier molecular flexibility index (Phi) is 4.39. The molecule has 3 aromatic heterocycles. The Hall–Kier alpha value is -3.16. The number of rotatable bonds is 3. The maximum Gasteiger partial charge on any atom is 0.410 e. The molecule has 1 saturated heterocycles. The van der Waals surface area contributed by atoms with Crippen molar-refractivity contribution < 1.29 is 13.9 Å². The smallest absolute Gasteiger partial charge is 0.410 e. The van der Waals surface area contributed by atoms with Crippen molar-refractivity contribution in [3.05, 3.63) is 60.6 Å². The van der Waals surface area contributed by atoms with Crippen LogP contribution in [0.4, 0.5) is 14.9 Å². The fourth-order valence-corrected chi connectivity index (χ4v) is 3.11. The van der Waals surface area contributed by atoms with E-state index in [0.717, 1.165) is 11.3 Å². The highest BCUT2D eigenvalue weighted by Gasteiger charge is 2.23. The lowest BCUT2D eigenvalue weighted by Crippen LogP contribution is -2.49. The summed E-state index contributed by atoms with van der Waals surface area (Å²) in [6, 6.07) is 7.32. The van der Waals surface area contributed by atoms with Gasteiger partial charge in [0.15, 0.2) is 5.82 Å². The lowest BCUT2D eigenvalue weighted by atomic mass is 10.2. The van der Waals surface area contributed by atoms with Crippen LogP contribution in [-0.4, -0.2) is 51.5 Å². The van der Waals surface area contributed by atoms with Gasteiger partial charge in [0.05, 0.1) is 17.6 Å². The molecule has 26 heavy (non-hydrogen) atoms. The third-order valence-electron chi connectivity index (χ3n) is 4.49. The highest BCUT2D eigenvalue weighted by molar-refractivity contribution is 5.68. The average Bonchev–Trinajstić information content (AvgIpc) is 3.16. The van der Waals surface area contributed by atoms with Crippen LogP contribution in [-0.2, 0) is 11.3 Å². The quantitative estimate of drug-likeness (QED) is 0.722. The van der Waals surface area contributed by atoms with Crippen LogP contribution in [0.1, 0.15) is 5.69 Å². The molecule has 0 N–H and O–H groups in total. The predicted octanol–water partition coefficient (Wildman–Crippen LogP) is 2.33. The molecule has 1 amide bonds. The summed E-state index contributed by atoms with van der Waals surface area (Å²) in [6.07, 6.45) is 5.94. The third-order valence-corrected chi connectivity index (χ3v) is 4.49. The van der Waals surface area contributed by atoms with E-state index in [9.17, 15) is 9.18 Å². The molecule has 4 rings (SSSR count). The Labute approximate surface area is 149 Å². The number of aromatic nitrogens is 3. The fourth-order valence-electron chi connectivity index (χ4n) is 3.11. The number of carbonyl (C=O) groups is 1. The number of hydrogen-bond donors (Lipinski definition) is 0. The normalized spacial score (nSPS) is 14.7. The van der Waals surface area contributed by atoms with Crippen LogP contribution < -0.4 is 4.90 Å². The van der Waals surface area contributed by atoms with E-state index in [1.54, 1.807) is 23.4 Å². The number of anilines is 1. The van der Waals surface area contributed by atoms with E-state index in [4.69, 9.17) is 4.74 Å². The molecule has 7 nitrogen and oxygen atoms in total. The van der Waals surface area contributed by atoms with Crippen LogP contribution in [0.25, 0.3) is 5.65 Å². The summed E-state index contributed by atoms with van der Waals surface area (Å²) in [5, 5.41) is 0. The number of pyridine rings is 2. The van der Waals surface area contributed by atoms with Crippen molar-refractivity contribution in [2.45, 2.75) is 6.61 Å². The summed E-state index contributed by atoms with van der Waals surface area (Å²) in [6.45, 7) is 2.23. The number of imidazole rings is 1. The van der Waals surface area contributed by atoms with Crippen LogP contribution in [0.2, 0.25) is 0 Å². The number of fused-ring (bicyclic) bond motifs is 1. The molecule has 0 atom stereocenters. The summed E-state index contributed by atoms with van der Waals surface area (Å²) in [7, 11) is 0. The Morgan fingerprint density at radius 3 is 2.81 bits per heavy atom. The maximum absolute atomic E-state index is 13.8. The van der Waals surface area contributed by atoms with E-state index in [-0.39, 0.29) is 18.5 Å². The number of amides is 1. The van der Waals surface area contributed by atoms with Crippen molar-refractivity contribution in [3.63, 3.8) is 0 Å². The fraction of sp³-hybridized carbons (Fsp3) is 0.278. The molecule has 1 aliphatic heterocycles. The van der Waals surface area contributed by atoms with Gasteiger partial charge in [-0.15, -0.1) is 0 Å². The van der Waals surface area contributed by atoms with Crippen molar-refractivity contribution in [1.82, 2.24) is 19.3 Å². The molecule has 1 fully saturated rings. The van der Waals surface area contributed by atoms with Gasteiger partial charge in [0.1, 0.15) is 12.3 Å². The first-order chi connectivity index (χ1) is 12.7. The molecule has 0 aromatic carbocycles. The van der Waals surface area contributed by atoms with Gasteiger partial charge in [-0.3, -0.25) is 4.98 Å². The molecule has 0 unspecified atom stereocenters. The zero-order valence-corrected chi connectivity index (χ0v) is 14.1. The second kappa shape index (κ2) is 6.99. The van der Waals surface area contributed by atoms with Crippen molar-refractivity contribution >= 4 is 17.4 Å². The van der Waals surface area contributed by atoms with Gasteiger partial charge in [0, 0.05) is 44.8 Å². The van der Waals surface area contributed by atoms with E-state index < -0.39 is 0 Å². The molecule has 0 aliphatic carbocycles. The van der Waals surface area contributed by atoms with E-state index in [2.05, 4.69) is 9.97 Å². The van der Waals surface area contributed by atoms with Gasteiger partial charge in [0.25, 0.3) is 0 Å². The summed E-state index contributed by atoms with van der Waals surface area (Å²) in [5.41, 5.74) is 2.18. The standard InChI is InChI=1S/C18H18FN5O2/c19-15-12-20-5-4-16(15)22-8-10-23(11-9-22)18(25)26-13-14-2-1-3-17-21-6-7-24(14)17/h1-7,12H,8-11,13H2. The monoisotopic (exact) mass is 355 g/mol. The van der Waals surface area contributed by atoms with Crippen molar-refractivity contribution in [3.8, 4) is 0 Å². The maximum atomic E-state index is 13.8. The largest absolute Gasteiger partial charge is 0.443 e. The Bertz CT molecular complexity index is 921. The number of carbonyl (C=O) groups excluding carboxylic acids is 1. The molecule has 0 spiro atoms. The highest BCUT2D eigenvalue weighted by Crippen LogP contribution is 2.19. The van der Waals surface area contributed by atoms with E-state index in [0.29, 0.717) is 31.9 Å². The molecule has 0 saturated carbocycles.